The molecule has 2 N–H and O–H groups in total. The molecule has 0 saturated heterocycles. The quantitative estimate of drug-likeness (QED) is 0.783. The van der Waals surface area contributed by atoms with Crippen LogP contribution >= 0.6 is 0 Å². The highest BCUT2D eigenvalue weighted by Gasteiger charge is 2.29. The summed E-state index contributed by atoms with van der Waals surface area (Å²) in [5.41, 5.74) is 0.914. The number of alkyl halides is 3. The zero-order chi connectivity index (χ0) is 19.4. The fourth-order valence-electron chi connectivity index (χ4n) is 1.96. The molecule has 1 aromatic heterocycles. The number of amides is 1. The molecular weight excluding hydrogens is 349 g/mol. The Morgan fingerprint density at radius 1 is 1.19 bits per heavy atom. The molecule has 0 unspecified atom stereocenters. The number of carbonyl (C=O) groups excluding carboxylic acids is 1. The minimum Gasteiger partial charge on any atom is -0.378 e. The van der Waals surface area contributed by atoms with Gasteiger partial charge in [0.05, 0.1) is 6.54 Å². The van der Waals surface area contributed by atoms with Crippen LogP contribution in [0.1, 0.15) is 43.4 Å². The lowest BCUT2D eigenvalue weighted by Crippen LogP contribution is -2.42. The van der Waals surface area contributed by atoms with E-state index in [4.69, 9.17) is 0 Å². The molecule has 0 atom stereocenters. The normalized spacial score (nSPS) is 12.1. The molecule has 0 radical (unpaired) electrons. The van der Waals surface area contributed by atoms with Crippen LogP contribution in [0.15, 0.2) is 24.3 Å². The Labute approximate surface area is 149 Å². The highest BCUT2D eigenvalue weighted by atomic mass is 19.4. The van der Waals surface area contributed by atoms with Crippen molar-refractivity contribution in [2.24, 2.45) is 0 Å². The van der Waals surface area contributed by atoms with Crippen LogP contribution in [0, 0.1) is 0 Å². The summed E-state index contributed by atoms with van der Waals surface area (Å²) in [6, 6.07) is 6.73. The molecule has 1 heterocycles. The molecular formula is C16H21F3N6O. The summed E-state index contributed by atoms with van der Waals surface area (Å²) < 4.78 is 36.8. The second-order valence-corrected chi connectivity index (χ2v) is 6.47. The van der Waals surface area contributed by atoms with Crippen LogP contribution in [-0.4, -0.2) is 37.8 Å². The Hall–Kier alpha value is -2.65. The Balaban J connectivity index is 1.90. The first-order valence-electron chi connectivity index (χ1n) is 8.08. The minimum atomic E-state index is -4.39. The van der Waals surface area contributed by atoms with Crippen LogP contribution in [0.25, 0.3) is 0 Å². The van der Waals surface area contributed by atoms with Crippen molar-refractivity contribution < 1.29 is 18.0 Å². The lowest BCUT2D eigenvalue weighted by molar-refractivity contribution is -0.145. The van der Waals surface area contributed by atoms with Crippen LogP contribution in [-0.2, 0) is 13.1 Å². The smallest absolute Gasteiger partial charge is 0.378 e. The number of rotatable bonds is 7. The first-order valence-corrected chi connectivity index (χ1v) is 8.08. The van der Waals surface area contributed by atoms with Crippen molar-refractivity contribution >= 4 is 11.6 Å². The lowest BCUT2D eigenvalue weighted by Gasteiger charge is -2.24. The largest absolute Gasteiger partial charge is 0.409 e. The van der Waals surface area contributed by atoms with E-state index in [1.54, 1.807) is 24.3 Å². The summed E-state index contributed by atoms with van der Waals surface area (Å²) in [5.74, 6) is -0.0269. The number of tetrazole rings is 1. The van der Waals surface area contributed by atoms with Crippen molar-refractivity contribution in [3.63, 3.8) is 0 Å². The van der Waals surface area contributed by atoms with Crippen LogP contribution in [0.3, 0.4) is 0 Å². The molecule has 0 aliphatic carbocycles. The third-order valence-electron chi connectivity index (χ3n) is 3.75. The molecule has 0 saturated carbocycles. The molecule has 10 heteroatoms. The summed E-state index contributed by atoms with van der Waals surface area (Å²) in [4.78, 5) is 12.7. The van der Waals surface area contributed by atoms with Gasteiger partial charge in [0, 0.05) is 16.8 Å². The van der Waals surface area contributed by atoms with Crippen molar-refractivity contribution in [2.75, 3.05) is 5.32 Å². The van der Waals surface area contributed by atoms with E-state index in [1.807, 2.05) is 20.8 Å². The predicted octanol–water partition coefficient (Wildman–Crippen LogP) is 2.77. The van der Waals surface area contributed by atoms with Gasteiger partial charge in [-0.2, -0.15) is 18.0 Å². The molecule has 0 bridgehead atoms. The number of nitrogens with zero attached hydrogens (tertiary/aromatic N) is 4. The standard InChI is InChI=1S/C16H21F3N6O/c1-4-15(2,3)21-14(26)11-5-7-12(8-6-11)20-9-13-22-24-25(23-13)10-16(17,18)19/h5-8,20H,4,9-10H2,1-3H3,(H,21,26). The molecule has 2 aromatic rings. The Kier molecular flexibility index (Phi) is 5.83. The highest BCUT2D eigenvalue weighted by Crippen LogP contribution is 2.16. The summed E-state index contributed by atoms with van der Waals surface area (Å²) in [6.07, 6.45) is -3.59. The first kappa shape index (κ1) is 19.7. The maximum absolute atomic E-state index is 12.3. The van der Waals surface area contributed by atoms with Gasteiger partial charge in [-0.1, -0.05) is 6.92 Å². The molecule has 26 heavy (non-hydrogen) atoms. The monoisotopic (exact) mass is 370 g/mol. The summed E-state index contributed by atoms with van der Waals surface area (Å²) >= 11 is 0. The minimum absolute atomic E-state index is 0.117. The maximum atomic E-state index is 12.3. The van der Waals surface area contributed by atoms with Gasteiger partial charge in [-0.3, -0.25) is 4.79 Å². The molecule has 0 spiro atoms. The maximum Gasteiger partial charge on any atom is 0.409 e. The van der Waals surface area contributed by atoms with Gasteiger partial charge in [0.2, 0.25) is 0 Å². The van der Waals surface area contributed by atoms with E-state index in [-0.39, 0.29) is 23.8 Å². The van der Waals surface area contributed by atoms with Crippen molar-refractivity contribution in [2.45, 2.75) is 52.0 Å². The number of nitrogens with one attached hydrogen (secondary N) is 2. The van der Waals surface area contributed by atoms with Gasteiger partial charge in [0.25, 0.3) is 5.91 Å². The zero-order valence-electron chi connectivity index (χ0n) is 14.8. The number of hydrogen-bond acceptors (Lipinski definition) is 5. The predicted molar refractivity (Wildman–Crippen MR) is 89.5 cm³/mol. The van der Waals surface area contributed by atoms with Gasteiger partial charge in [-0.25, -0.2) is 0 Å². The average Bonchev–Trinajstić information content (AvgIpc) is 2.98. The summed E-state index contributed by atoms with van der Waals surface area (Å²) in [5, 5.41) is 16.5. The molecule has 2 rings (SSSR count). The molecule has 0 aliphatic heterocycles. The summed E-state index contributed by atoms with van der Waals surface area (Å²) in [7, 11) is 0. The number of benzene rings is 1. The summed E-state index contributed by atoms with van der Waals surface area (Å²) in [6.45, 7) is 4.72. The first-order chi connectivity index (χ1) is 12.1. The second kappa shape index (κ2) is 7.71. The lowest BCUT2D eigenvalue weighted by atomic mass is 10.0. The average molecular weight is 370 g/mol. The number of aromatic nitrogens is 4. The number of carbonyl (C=O) groups is 1. The zero-order valence-corrected chi connectivity index (χ0v) is 14.8. The SMILES string of the molecule is CCC(C)(C)NC(=O)c1ccc(NCc2nnn(CC(F)(F)F)n2)cc1. The van der Waals surface area contributed by atoms with Gasteiger partial charge >= 0.3 is 6.18 Å². The van der Waals surface area contributed by atoms with Crippen molar-refractivity contribution in [1.29, 1.82) is 0 Å². The second-order valence-electron chi connectivity index (χ2n) is 6.47. The topological polar surface area (TPSA) is 84.7 Å². The van der Waals surface area contributed by atoms with Crippen molar-refractivity contribution in [3.05, 3.63) is 35.7 Å². The number of hydrogen-bond donors (Lipinski definition) is 2. The Morgan fingerprint density at radius 3 is 2.42 bits per heavy atom. The molecule has 1 aromatic carbocycles. The van der Waals surface area contributed by atoms with E-state index in [2.05, 4.69) is 26.0 Å². The third kappa shape index (κ3) is 6.01. The van der Waals surface area contributed by atoms with Crippen LogP contribution < -0.4 is 10.6 Å². The van der Waals surface area contributed by atoms with E-state index in [0.29, 0.717) is 16.0 Å². The van der Waals surface area contributed by atoms with Gasteiger partial charge < -0.3 is 10.6 Å². The van der Waals surface area contributed by atoms with Crippen LogP contribution in [0.5, 0.6) is 0 Å². The Morgan fingerprint density at radius 2 is 1.85 bits per heavy atom. The van der Waals surface area contributed by atoms with E-state index in [1.165, 1.54) is 0 Å². The Bertz CT molecular complexity index is 739. The number of halogens is 3. The van der Waals surface area contributed by atoms with Gasteiger partial charge in [-0.05, 0) is 49.7 Å². The number of anilines is 1. The highest BCUT2D eigenvalue weighted by molar-refractivity contribution is 5.94. The van der Waals surface area contributed by atoms with Gasteiger partial charge in [0.15, 0.2) is 12.4 Å². The molecule has 0 fully saturated rings. The molecule has 7 nitrogen and oxygen atoms in total. The van der Waals surface area contributed by atoms with Crippen LogP contribution in [0.4, 0.5) is 18.9 Å². The molecule has 0 aliphatic rings. The third-order valence-corrected chi connectivity index (χ3v) is 3.75. The fourth-order valence-corrected chi connectivity index (χ4v) is 1.96. The van der Waals surface area contributed by atoms with Crippen molar-refractivity contribution in [3.8, 4) is 0 Å². The van der Waals surface area contributed by atoms with Crippen LogP contribution in [0.2, 0.25) is 0 Å². The molecule has 142 valence electrons. The fraction of sp³-hybridized carbons (Fsp3) is 0.500. The van der Waals surface area contributed by atoms with Gasteiger partial charge in [-0.15, -0.1) is 10.2 Å². The molecule has 1 amide bonds. The van der Waals surface area contributed by atoms with E-state index >= 15 is 0 Å². The van der Waals surface area contributed by atoms with E-state index < -0.39 is 12.7 Å². The van der Waals surface area contributed by atoms with E-state index in [0.717, 1.165) is 6.42 Å². The van der Waals surface area contributed by atoms with Gasteiger partial charge in [0.1, 0.15) is 0 Å². The van der Waals surface area contributed by atoms with Crippen molar-refractivity contribution in [1.82, 2.24) is 25.5 Å². The van der Waals surface area contributed by atoms with E-state index in [9.17, 15) is 18.0 Å².